The summed E-state index contributed by atoms with van der Waals surface area (Å²) >= 11 is 0. The van der Waals surface area contributed by atoms with Gasteiger partial charge in [-0.15, -0.1) is 0 Å². The molecule has 0 saturated carbocycles. The monoisotopic (exact) mass is 670 g/mol. The van der Waals surface area contributed by atoms with Crippen LogP contribution in [-0.2, 0) is 27.4 Å². The Morgan fingerprint density at radius 1 is 1.06 bits per heavy atom. The molecule has 0 aliphatic carbocycles. The van der Waals surface area contributed by atoms with Crippen molar-refractivity contribution < 1.29 is 23.5 Å². The summed E-state index contributed by atoms with van der Waals surface area (Å²) in [5.74, 6) is -0.840. The van der Waals surface area contributed by atoms with E-state index in [1.54, 1.807) is 51.0 Å². The van der Waals surface area contributed by atoms with Crippen LogP contribution in [0.4, 0.5) is 4.39 Å². The Hall–Kier alpha value is -4.64. The van der Waals surface area contributed by atoms with Crippen molar-refractivity contribution in [3.8, 4) is 0 Å². The van der Waals surface area contributed by atoms with Crippen LogP contribution in [0.5, 0.6) is 0 Å². The number of nitrogens with one attached hydrogen (secondary N) is 1. The number of amides is 3. The molecule has 3 heterocycles. The number of rotatable bonds is 13. The minimum Gasteiger partial charge on any atom is -0.372 e. The molecule has 49 heavy (non-hydrogen) atoms. The van der Waals surface area contributed by atoms with E-state index in [9.17, 15) is 18.8 Å². The molecule has 0 radical (unpaired) electrons. The van der Waals surface area contributed by atoms with Crippen LogP contribution >= 0.6 is 0 Å². The first-order valence-corrected chi connectivity index (χ1v) is 17.0. The number of likely N-dealkylation sites (tertiary alicyclic amines) is 1. The van der Waals surface area contributed by atoms with E-state index in [1.165, 1.54) is 12.1 Å². The second kappa shape index (κ2) is 15.7. The Balaban J connectivity index is 1.44. The van der Waals surface area contributed by atoms with Crippen LogP contribution in [-0.4, -0.2) is 79.7 Å². The van der Waals surface area contributed by atoms with Gasteiger partial charge in [0.15, 0.2) is 0 Å². The average Bonchev–Trinajstić information content (AvgIpc) is 3.72. The molecule has 5 rings (SSSR count). The molecule has 0 unspecified atom stereocenters. The molecular formula is C38H47FN6O4. The molecule has 1 aliphatic rings. The number of halogens is 1. The first-order valence-electron chi connectivity index (χ1n) is 17.0. The zero-order valence-corrected chi connectivity index (χ0v) is 29.0. The molecule has 2 aromatic heterocycles. The maximum absolute atomic E-state index is 14.5. The Labute approximate surface area is 287 Å². The van der Waals surface area contributed by atoms with Crippen molar-refractivity contribution >= 4 is 23.5 Å². The number of ether oxygens (including phenoxy) is 1. The van der Waals surface area contributed by atoms with Crippen molar-refractivity contribution in [2.75, 3.05) is 19.6 Å². The van der Waals surface area contributed by atoms with Gasteiger partial charge in [-0.2, -0.15) is 0 Å². The second-order valence-electron chi connectivity index (χ2n) is 14.0. The van der Waals surface area contributed by atoms with Crippen molar-refractivity contribution in [3.63, 3.8) is 0 Å². The minimum atomic E-state index is -0.780. The molecule has 1 aliphatic heterocycles. The largest absolute Gasteiger partial charge is 0.372 e. The topological polar surface area (TPSA) is 109 Å². The maximum Gasteiger partial charge on any atom is 0.274 e. The van der Waals surface area contributed by atoms with E-state index < -0.39 is 17.5 Å². The Kier molecular flexibility index (Phi) is 11.4. The predicted octanol–water partition coefficient (Wildman–Crippen LogP) is 5.32. The van der Waals surface area contributed by atoms with Gasteiger partial charge in [-0.1, -0.05) is 77.1 Å². The lowest BCUT2D eigenvalue weighted by Gasteiger charge is -2.37. The van der Waals surface area contributed by atoms with E-state index in [4.69, 9.17) is 4.74 Å². The molecular weight excluding hydrogens is 623 g/mol. The zero-order chi connectivity index (χ0) is 35.1. The number of fused-ring (bicyclic) bond motifs is 1. The van der Waals surface area contributed by atoms with Gasteiger partial charge in [0.1, 0.15) is 17.6 Å². The van der Waals surface area contributed by atoms with E-state index in [-0.39, 0.29) is 47.8 Å². The van der Waals surface area contributed by atoms with Crippen LogP contribution in [0.25, 0.3) is 5.78 Å². The first kappa shape index (κ1) is 35.7. The van der Waals surface area contributed by atoms with Gasteiger partial charge in [-0.3, -0.25) is 18.8 Å². The number of hydrogen-bond acceptors (Lipinski definition) is 6. The van der Waals surface area contributed by atoms with Gasteiger partial charge in [0.25, 0.3) is 5.91 Å². The van der Waals surface area contributed by atoms with Crippen molar-refractivity contribution in [1.82, 2.24) is 29.5 Å². The second-order valence-corrected chi connectivity index (χ2v) is 14.0. The summed E-state index contributed by atoms with van der Waals surface area (Å²) in [6.45, 7) is 10.9. The number of hydrogen-bond donors (Lipinski definition) is 1. The van der Waals surface area contributed by atoms with Gasteiger partial charge in [0, 0.05) is 44.1 Å². The quantitative estimate of drug-likeness (QED) is 0.207. The molecule has 260 valence electrons. The summed E-state index contributed by atoms with van der Waals surface area (Å²) < 4.78 is 21.7. The van der Waals surface area contributed by atoms with Crippen LogP contribution in [0.15, 0.2) is 79.3 Å². The Bertz CT molecular complexity index is 1690. The molecule has 10 nitrogen and oxygen atoms in total. The first-order chi connectivity index (χ1) is 23.4. The van der Waals surface area contributed by atoms with Gasteiger partial charge < -0.3 is 19.9 Å². The number of imidazole rings is 1. The molecule has 11 heteroatoms. The summed E-state index contributed by atoms with van der Waals surface area (Å²) in [7, 11) is 0. The zero-order valence-electron chi connectivity index (χ0n) is 29.0. The highest BCUT2D eigenvalue weighted by molar-refractivity contribution is 5.93. The normalized spacial score (nSPS) is 17.6. The number of nitrogens with zero attached hydrogens (tertiary/aromatic N) is 5. The number of carbonyl (C=O) groups is 3. The summed E-state index contributed by atoms with van der Waals surface area (Å²) in [5, 5.41) is 3.04. The minimum absolute atomic E-state index is 0.167. The molecule has 1 saturated heterocycles. The van der Waals surface area contributed by atoms with E-state index in [0.29, 0.717) is 44.7 Å². The Morgan fingerprint density at radius 2 is 1.80 bits per heavy atom. The van der Waals surface area contributed by atoms with Crippen LogP contribution < -0.4 is 5.32 Å². The third kappa shape index (κ3) is 9.08. The molecule has 0 bridgehead atoms. The van der Waals surface area contributed by atoms with E-state index in [0.717, 1.165) is 11.1 Å². The summed E-state index contributed by atoms with van der Waals surface area (Å²) in [4.78, 5) is 54.0. The third-order valence-corrected chi connectivity index (χ3v) is 9.20. The lowest BCUT2D eigenvalue weighted by molar-refractivity contribution is -0.141. The van der Waals surface area contributed by atoms with Gasteiger partial charge in [-0.05, 0) is 54.0 Å². The van der Waals surface area contributed by atoms with Crippen molar-refractivity contribution in [3.05, 3.63) is 102 Å². The van der Waals surface area contributed by atoms with E-state index in [2.05, 4.69) is 15.3 Å². The smallest absolute Gasteiger partial charge is 0.274 e. The lowest BCUT2D eigenvalue weighted by Crippen LogP contribution is -2.58. The standard InChI is InChI=1S/C38H47FN6O4/c1-6-26(2)34(46)42-33(38(3,4)5)36(48)45-23-31(49-25-28-11-8-7-9-12-28)21-30(45)22-43(20-17-27-13-15-29(39)16-14-27)35(47)32-24-44-19-10-18-40-37(44)41-32/h7-16,18-19,24,26,30-31,33H,6,17,20-23,25H2,1-5H3,(H,42,46)/t26-,30+,31+,33-/m1/s1. The molecule has 3 amide bonds. The SMILES string of the molecule is CC[C@@H](C)C(=O)N[C@H](C(=O)N1C[C@@H](OCc2ccccc2)C[C@H]1CN(CCc1ccc(F)cc1)C(=O)c1cn2cccnc2n1)C(C)(C)C. The van der Waals surface area contributed by atoms with Gasteiger partial charge in [0.05, 0.1) is 18.8 Å². The third-order valence-electron chi connectivity index (χ3n) is 9.20. The van der Waals surface area contributed by atoms with Crippen molar-refractivity contribution in [2.24, 2.45) is 11.3 Å². The number of aromatic nitrogens is 3. The fourth-order valence-corrected chi connectivity index (χ4v) is 6.05. The fourth-order valence-electron chi connectivity index (χ4n) is 6.05. The van der Waals surface area contributed by atoms with Crippen LogP contribution in [0.1, 0.15) is 69.1 Å². The lowest BCUT2D eigenvalue weighted by atomic mass is 9.85. The molecule has 2 aromatic carbocycles. The summed E-state index contributed by atoms with van der Waals surface area (Å²) in [6.07, 6.45) is 6.40. The summed E-state index contributed by atoms with van der Waals surface area (Å²) in [6, 6.07) is 16.7. The highest BCUT2D eigenvalue weighted by Gasteiger charge is 2.44. The maximum atomic E-state index is 14.5. The number of benzene rings is 2. The fraction of sp³-hybridized carbons (Fsp3) is 0.447. The van der Waals surface area contributed by atoms with Gasteiger partial charge in [0.2, 0.25) is 17.6 Å². The highest BCUT2D eigenvalue weighted by Crippen LogP contribution is 2.29. The average molecular weight is 671 g/mol. The highest BCUT2D eigenvalue weighted by atomic mass is 19.1. The van der Waals surface area contributed by atoms with Gasteiger partial charge >= 0.3 is 0 Å². The van der Waals surface area contributed by atoms with Crippen molar-refractivity contribution in [2.45, 2.75) is 78.7 Å². The van der Waals surface area contributed by atoms with Crippen LogP contribution in [0, 0.1) is 17.2 Å². The molecule has 1 fully saturated rings. The predicted molar refractivity (Wildman–Crippen MR) is 185 cm³/mol. The molecule has 4 aromatic rings. The molecule has 4 atom stereocenters. The molecule has 1 N–H and O–H groups in total. The number of carbonyl (C=O) groups excluding carboxylic acids is 3. The molecule has 0 spiro atoms. The van der Waals surface area contributed by atoms with Gasteiger partial charge in [-0.25, -0.2) is 14.4 Å². The van der Waals surface area contributed by atoms with E-state index in [1.807, 2.05) is 65.0 Å². The Morgan fingerprint density at radius 3 is 2.47 bits per heavy atom. The van der Waals surface area contributed by atoms with E-state index >= 15 is 0 Å². The van der Waals surface area contributed by atoms with Crippen LogP contribution in [0.3, 0.4) is 0 Å². The van der Waals surface area contributed by atoms with Crippen molar-refractivity contribution in [1.29, 1.82) is 0 Å². The van der Waals surface area contributed by atoms with Crippen LogP contribution in [0.2, 0.25) is 0 Å². The summed E-state index contributed by atoms with van der Waals surface area (Å²) in [5.41, 5.74) is 1.56.